The molecule has 2 rings (SSSR count). The number of carbonyl (C=O) groups is 3. The smallest absolute Gasteiger partial charge is 0.466 e. The quantitative estimate of drug-likeness (QED) is 0.338. The van der Waals surface area contributed by atoms with E-state index in [2.05, 4.69) is 14.8 Å². The van der Waals surface area contributed by atoms with Gasteiger partial charge in [-0.25, -0.2) is 9.59 Å². The molecule has 0 bridgehead atoms. The number of rotatable bonds is 6. The number of hydrogen-bond acceptors (Lipinski definition) is 8. The highest BCUT2D eigenvalue weighted by molar-refractivity contribution is 6.62. The Kier molecular flexibility index (Phi) is 6.31. The van der Waals surface area contributed by atoms with Crippen LogP contribution in [0, 0.1) is 0 Å². The van der Waals surface area contributed by atoms with Crippen LogP contribution in [0.5, 0.6) is 0 Å². The molecule has 0 radical (unpaired) electrons. The van der Waals surface area contributed by atoms with Crippen LogP contribution >= 0.6 is 0 Å². The molecule has 8 nitrogen and oxygen atoms in total. The van der Waals surface area contributed by atoms with E-state index in [9.17, 15) is 14.4 Å². The number of aldehydes is 1. The summed E-state index contributed by atoms with van der Waals surface area (Å²) in [6.07, 6.45) is 1.58. The summed E-state index contributed by atoms with van der Waals surface area (Å²) in [6, 6.07) is 4.91. The Morgan fingerprint density at radius 1 is 1.07 bits per heavy atom. The zero-order valence-corrected chi connectivity index (χ0v) is 16.8. The van der Waals surface area contributed by atoms with Crippen molar-refractivity contribution < 1.29 is 33.2 Å². The van der Waals surface area contributed by atoms with E-state index in [0.717, 1.165) is 6.08 Å². The molecular formula is C19H24BNO7. The van der Waals surface area contributed by atoms with Crippen molar-refractivity contribution in [1.29, 1.82) is 0 Å². The zero-order chi connectivity index (χ0) is 21.1. The lowest BCUT2D eigenvalue weighted by atomic mass is 9.78. The fourth-order valence-electron chi connectivity index (χ4n) is 2.50. The third-order valence-corrected chi connectivity index (χ3v) is 4.87. The first kappa shape index (κ1) is 21.7. The van der Waals surface area contributed by atoms with Crippen molar-refractivity contribution in [2.45, 2.75) is 38.9 Å². The highest BCUT2D eigenvalue weighted by Gasteiger charge is 2.51. The van der Waals surface area contributed by atoms with Crippen LogP contribution in [-0.2, 0) is 28.4 Å². The number of anilines is 1. The molecule has 150 valence electrons. The van der Waals surface area contributed by atoms with Crippen LogP contribution < -0.4 is 10.8 Å². The molecule has 0 aromatic heterocycles. The molecule has 9 heteroatoms. The Morgan fingerprint density at radius 3 is 2.18 bits per heavy atom. The van der Waals surface area contributed by atoms with Gasteiger partial charge in [0.05, 0.1) is 31.5 Å². The summed E-state index contributed by atoms with van der Waals surface area (Å²) < 4.78 is 21.2. The number of benzene rings is 1. The number of esters is 2. The molecule has 0 saturated carbocycles. The Morgan fingerprint density at radius 2 is 1.68 bits per heavy atom. The molecule has 28 heavy (non-hydrogen) atoms. The molecule has 0 spiro atoms. The zero-order valence-electron chi connectivity index (χ0n) is 16.8. The van der Waals surface area contributed by atoms with Crippen molar-refractivity contribution in [1.82, 2.24) is 0 Å². The maximum atomic E-state index is 11.9. The molecule has 0 aliphatic carbocycles. The van der Waals surface area contributed by atoms with E-state index >= 15 is 0 Å². The maximum absolute atomic E-state index is 11.9. The fraction of sp³-hybridized carbons (Fsp3) is 0.421. The number of methoxy groups -OCH3 is 2. The number of hydrogen-bond donors (Lipinski definition) is 1. The standard InChI is InChI=1S/C19H24BNO7/c1-18(2)19(3,4)28-20(27-18)13-7-8-14(12(9-13)11-22)21-15(17(24)26-6)10-16(23)25-5/h7-11,21H,1-6H3/b15-10+. The van der Waals surface area contributed by atoms with E-state index in [1.54, 1.807) is 18.2 Å². The topological polar surface area (TPSA) is 100 Å². The van der Waals surface area contributed by atoms with Crippen molar-refractivity contribution in [3.05, 3.63) is 35.5 Å². The minimum Gasteiger partial charge on any atom is -0.466 e. The molecule has 1 heterocycles. The molecule has 0 amide bonds. The summed E-state index contributed by atoms with van der Waals surface area (Å²) in [4.78, 5) is 35.0. The molecule has 0 unspecified atom stereocenters. The van der Waals surface area contributed by atoms with E-state index in [-0.39, 0.29) is 11.3 Å². The summed E-state index contributed by atoms with van der Waals surface area (Å²) in [5, 5.41) is 2.74. The number of nitrogens with one attached hydrogen (secondary N) is 1. The molecule has 1 aromatic rings. The minimum atomic E-state index is -0.780. The predicted octanol–water partition coefficient (Wildman–Crippen LogP) is 1.44. The second-order valence-corrected chi connectivity index (χ2v) is 7.25. The first-order chi connectivity index (χ1) is 13.0. The lowest BCUT2D eigenvalue weighted by Crippen LogP contribution is -2.41. The lowest BCUT2D eigenvalue weighted by Gasteiger charge is -2.32. The van der Waals surface area contributed by atoms with Gasteiger partial charge in [0.25, 0.3) is 0 Å². The monoisotopic (exact) mass is 389 g/mol. The van der Waals surface area contributed by atoms with Gasteiger partial charge in [0.2, 0.25) is 0 Å². The van der Waals surface area contributed by atoms with Crippen LogP contribution in [0.1, 0.15) is 38.1 Å². The first-order valence-corrected chi connectivity index (χ1v) is 8.64. The van der Waals surface area contributed by atoms with Gasteiger partial charge in [-0.1, -0.05) is 6.07 Å². The molecule has 1 aliphatic rings. The molecule has 1 aromatic carbocycles. The largest absolute Gasteiger partial charge is 0.494 e. The van der Waals surface area contributed by atoms with Gasteiger partial charge in [0.1, 0.15) is 5.70 Å². The normalized spacial score (nSPS) is 17.8. The lowest BCUT2D eigenvalue weighted by molar-refractivity contribution is -0.138. The van der Waals surface area contributed by atoms with Crippen molar-refractivity contribution in [3.63, 3.8) is 0 Å². The average Bonchev–Trinajstić information content (AvgIpc) is 2.87. The summed E-state index contributed by atoms with van der Waals surface area (Å²) in [7, 11) is 1.73. The summed E-state index contributed by atoms with van der Waals surface area (Å²) in [5.74, 6) is -1.52. The number of carbonyl (C=O) groups excluding carboxylic acids is 3. The van der Waals surface area contributed by atoms with Crippen molar-refractivity contribution in [2.75, 3.05) is 19.5 Å². The molecule has 1 N–H and O–H groups in total. The third kappa shape index (κ3) is 4.43. The van der Waals surface area contributed by atoms with Gasteiger partial charge >= 0.3 is 19.1 Å². The van der Waals surface area contributed by atoms with Gasteiger partial charge in [-0.3, -0.25) is 4.79 Å². The van der Waals surface area contributed by atoms with E-state index in [4.69, 9.17) is 9.31 Å². The van der Waals surface area contributed by atoms with E-state index in [0.29, 0.717) is 17.4 Å². The molecular weight excluding hydrogens is 365 g/mol. The molecule has 1 aliphatic heterocycles. The Balaban J connectivity index is 2.33. The summed E-state index contributed by atoms with van der Waals surface area (Å²) >= 11 is 0. The average molecular weight is 389 g/mol. The van der Waals surface area contributed by atoms with Crippen molar-refractivity contribution in [2.24, 2.45) is 0 Å². The molecule has 1 fully saturated rings. The Labute approximate surface area is 164 Å². The van der Waals surface area contributed by atoms with Crippen molar-refractivity contribution in [3.8, 4) is 0 Å². The number of ether oxygens (including phenoxy) is 2. The SMILES string of the molecule is COC(=O)/C=C(/Nc1ccc(B2OC(C)(C)C(C)(C)O2)cc1C=O)C(=O)OC. The third-order valence-electron chi connectivity index (χ3n) is 4.87. The summed E-state index contributed by atoms with van der Waals surface area (Å²) in [5.41, 5.74) is 0.0282. The van der Waals surface area contributed by atoms with Gasteiger partial charge in [-0.05, 0) is 45.3 Å². The van der Waals surface area contributed by atoms with Gasteiger partial charge in [0.15, 0.2) is 6.29 Å². The second kappa shape index (κ2) is 8.16. The Hall–Kier alpha value is -2.65. The predicted molar refractivity (Wildman–Crippen MR) is 103 cm³/mol. The van der Waals surface area contributed by atoms with Crippen LogP contribution in [0.15, 0.2) is 30.0 Å². The first-order valence-electron chi connectivity index (χ1n) is 8.64. The van der Waals surface area contributed by atoms with E-state index in [1.165, 1.54) is 14.2 Å². The van der Waals surface area contributed by atoms with Crippen LogP contribution in [0.25, 0.3) is 0 Å². The Bertz CT molecular complexity index is 801. The summed E-state index contributed by atoms with van der Waals surface area (Å²) in [6.45, 7) is 7.74. The minimum absolute atomic E-state index is 0.166. The van der Waals surface area contributed by atoms with Gasteiger partial charge in [-0.15, -0.1) is 0 Å². The van der Waals surface area contributed by atoms with E-state index in [1.807, 2.05) is 27.7 Å². The maximum Gasteiger partial charge on any atom is 0.494 e. The van der Waals surface area contributed by atoms with Crippen LogP contribution in [0.3, 0.4) is 0 Å². The molecule has 1 saturated heterocycles. The fourth-order valence-corrected chi connectivity index (χ4v) is 2.50. The van der Waals surface area contributed by atoms with Gasteiger partial charge in [0, 0.05) is 11.3 Å². The van der Waals surface area contributed by atoms with Crippen LogP contribution in [0.2, 0.25) is 0 Å². The van der Waals surface area contributed by atoms with Crippen LogP contribution in [0.4, 0.5) is 5.69 Å². The highest BCUT2D eigenvalue weighted by atomic mass is 16.7. The van der Waals surface area contributed by atoms with Crippen LogP contribution in [-0.4, -0.2) is 50.8 Å². The molecule has 0 atom stereocenters. The van der Waals surface area contributed by atoms with Crippen molar-refractivity contribution >= 4 is 36.5 Å². The second-order valence-electron chi connectivity index (χ2n) is 7.25. The van der Waals surface area contributed by atoms with Gasteiger partial charge in [-0.2, -0.15) is 0 Å². The van der Waals surface area contributed by atoms with E-state index < -0.39 is 30.3 Å². The highest BCUT2D eigenvalue weighted by Crippen LogP contribution is 2.36. The van der Waals surface area contributed by atoms with Gasteiger partial charge < -0.3 is 24.1 Å².